The Morgan fingerprint density at radius 3 is 2.79 bits per heavy atom. The maximum absolute atomic E-state index is 13.5. The van der Waals surface area contributed by atoms with E-state index in [1.165, 1.54) is 28.6 Å². The number of H-pyrrole nitrogens is 1. The van der Waals surface area contributed by atoms with Crippen molar-refractivity contribution in [3.63, 3.8) is 0 Å². The van der Waals surface area contributed by atoms with E-state index in [1.54, 1.807) is 18.7 Å². The Bertz CT molecular complexity index is 1220. The molecule has 34 heavy (non-hydrogen) atoms. The second-order valence-electron chi connectivity index (χ2n) is 9.07. The van der Waals surface area contributed by atoms with Crippen molar-refractivity contribution in [2.24, 2.45) is 0 Å². The lowest BCUT2D eigenvalue weighted by Gasteiger charge is -2.36. The molecule has 0 aliphatic carbocycles. The summed E-state index contributed by atoms with van der Waals surface area (Å²) in [4.78, 5) is 9.91. The third-order valence-electron chi connectivity index (χ3n) is 6.77. The zero-order valence-corrected chi connectivity index (χ0v) is 19.2. The summed E-state index contributed by atoms with van der Waals surface area (Å²) in [5.41, 5.74) is 4.55. The minimum absolute atomic E-state index is 0.451. The molecule has 1 fully saturated rings. The molecule has 1 aliphatic heterocycles. The molecule has 178 valence electrons. The number of rotatable bonds is 9. The van der Waals surface area contributed by atoms with Gasteiger partial charge in [0, 0.05) is 49.3 Å². The highest BCUT2D eigenvalue weighted by Crippen LogP contribution is 2.23. The standard InChI is InChI=1S/C26H30F2N6/c27-24-6-4-19(13-25(24)28)8-10-33-11-9-29-15-22(33)3-1-2-21-14-31-26-7-5-20(12-23(21)26)16-34-18-30-17-32-34/h4-7,12-14,17-18,22,29,31H,1-3,8-11,15-16H2. The minimum Gasteiger partial charge on any atom is -0.361 e. The number of aromatic nitrogens is 4. The molecular weight excluding hydrogens is 434 g/mol. The summed E-state index contributed by atoms with van der Waals surface area (Å²) in [5.74, 6) is -1.55. The van der Waals surface area contributed by atoms with Crippen LogP contribution in [0, 0.1) is 11.6 Å². The molecule has 1 unspecified atom stereocenters. The van der Waals surface area contributed by atoms with Crippen LogP contribution in [0.2, 0.25) is 0 Å². The Labute approximate surface area is 198 Å². The molecule has 2 aromatic heterocycles. The number of fused-ring (bicyclic) bond motifs is 1. The van der Waals surface area contributed by atoms with Crippen molar-refractivity contribution in [1.29, 1.82) is 0 Å². The zero-order valence-electron chi connectivity index (χ0n) is 19.2. The molecule has 0 bridgehead atoms. The normalized spacial score (nSPS) is 16.9. The molecule has 1 aliphatic rings. The summed E-state index contributed by atoms with van der Waals surface area (Å²) in [6, 6.07) is 11.2. The van der Waals surface area contributed by atoms with E-state index < -0.39 is 11.6 Å². The van der Waals surface area contributed by atoms with E-state index in [9.17, 15) is 8.78 Å². The fourth-order valence-corrected chi connectivity index (χ4v) is 4.91. The van der Waals surface area contributed by atoms with Crippen LogP contribution in [-0.4, -0.2) is 56.9 Å². The molecule has 0 radical (unpaired) electrons. The van der Waals surface area contributed by atoms with Gasteiger partial charge in [-0.2, -0.15) is 5.10 Å². The molecule has 5 rings (SSSR count). The summed E-state index contributed by atoms with van der Waals surface area (Å²) in [6.45, 7) is 4.48. The van der Waals surface area contributed by atoms with Crippen molar-refractivity contribution in [2.45, 2.75) is 38.3 Å². The Hall–Kier alpha value is -3.10. The smallest absolute Gasteiger partial charge is 0.159 e. The molecule has 2 aromatic carbocycles. The van der Waals surface area contributed by atoms with Crippen molar-refractivity contribution in [3.05, 3.63) is 83.6 Å². The lowest BCUT2D eigenvalue weighted by Crippen LogP contribution is -2.51. The topological polar surface area (TPSA) is 61.8 Å². The van der Waals surface area contributed by atoms with Crippen LogP contribution >= 0.6 is 0 Å². The van der Waals surface area contributed by atoms with Gasteiger partial charge in [-0.3, -0.25) is 4.90 Å². The number of hydrogen-bond donors (Lipinski definition) is 2. The second-order valence-corrected chi connectivity index (χ2v) is 9.07. The molecule has 0 saturated carbocycles. The Morgan fingerprint density at radius 2 is 1.94 bits per heavy atom. The van der Waals surface area contributed by atoms with Gasteiger partial charge in [0.2, 0.25) is 0 Å². The highest BCUT2D eigenvalue weighted by molar-refractivity contribution is 5.83. The molecule has 0 amide bonds. The molecule has 8 heteroatoms. The van der Waals surface area contributed by atoms with Crippen LogP contribution in [-0.2, 0) is 19.4 Å². The largest absolute Gasteiger partial charge is 0.361 e. The summed E-state index contributed by atoms with van der Waals surface area (Å²) in [7, 11) is 0. The predicted molar refractivity (Wildman–Crippen MR) is 129 cm³/mol. The monoisotopic (exact) mass is 464 g/mol. The molecule has 1 atom stereocenters. The van der Waals surface area contributed by atoms with Gasteiger partial charge in [0.15, 0.2) is 11.6 Å². The first-order valence-corrected chi connectivity index (χ1v) is 12.0. The Morgan fingerprint density at radius 1 is 1.03 bits per heavy atom. The number of hydrogen-bond acceptors (Lipinski definition) is 4. The van der Waals surface area contributed by atoms with Crippen LogP contribution in [0.3, 0.4) is 0 Å². The van der Waals surface area contributed by atoms with E-state index in [0.29, 0.717) is 12.6 Å². The lowest BCUT2D eigenvalue weighted by molar-refractivity contribution is 0.153. The van der Waals surface area contributed by atoms with Gasteiger partial charge in [-0.1, -0.05) is 12.1 Å². The Kier molecular flexibility index (Phi) is 6.97. The highest BCUT2D eigenvalue weighted by atomic mass is 19.2. The summed E-state index contributed by atoms with van der Waals surface area (Å²) in [6.07, 6.45) is 9.35. The maximum Gasteiger partial charge on any atom is 0.159 e. The minimum atomic E-state index is -0.786. The average Bonchev–Trinajstić information content (AvgIpc) is 3.51. The number of halogens is 2. The number of nitrogens with zero attached hydrogens (tertiary/aromatic N) is 4. The van der Waals surface area contributed by atoms with Crippen molar-refractivity contribution in [1.82, 2.24) is 30.0 Å². The van der Waals surface area contributed by atoms with E-state index in [-0.39, 0.29) is 0 Å². The van der Waals surface area contributed by atoms with Crippen LogP contribution in [0.15, 0.2) is 55.2 Å². The first-order chi connectivity index (χ1) is 16.7. The fourth-order valence-electron chi connectivity index (χ4n) is 4.91. The van der Waals surface area contributed by atoms with Gasteiger partial charge in [-0.25, -0.2) is 18.4 Å². The van der Waals surface area contributed by atoms with Gasteiger partial charge >= 0.3 is 0 Å². The number of aromatic amines is 1. The van der Waals surface area contributed by atoms with Gasteiger partial charge < -0.3 is 10.3 Å². The molecule has 1 saturated heterocycles. The van der Waals surface area contributed by atoms with Gasteiger partial charge in [-0.15, -0.1) is 0 Å². The maximum atomic E-state index is 13.5. The van der Waals surface area contributed by atoms with E-state index >= 15 is 0 Å². The highest BCUT2D eigenvalue weighted by Gasteiger charge is 2.21. The van der Waals surface area contributed by atoms with Crippen LogP contribution in [0.5, 0.6) is 0 Å². The van der Waals surface area contributed by atoms with Crippen molar-refractivity contribution >= 4 is 10.9 Å². The first kappa shape index (κ1) is 22.7. The zero-order chi connectivity index (χ0) is 23.3. The number of aryl methyl sites for hydroxylation is 1. The summed E-state index contributed by atoms with van der Waals surface area (Å²) in [5, 5.41) is 8.99. The molecule has 4 aromatic rings. The van der Waals surface area contributed by atoms with E-state index in [1.807, 2.05) is 4.68 Å². The quantitative estimate of drug-likeness (QED) is 0.394. The molecule has 2 N–H and O–H groups in total. The fraction of sp³-hybridized carbons (Fsp3) is 0.385. The van der Waals surface area contributed by atoms with Crippen molar-refractivity contribution in [2.75, 3.05) is 26.2 Å². The third kappa shape index (κ3) is 5.34. The Balaban J connectivity index is 1.18. The third-order valence-corrected chi connectivity index (χ3v) is 6.77. The van der Waals surface area contributed by atoms with Crippen molar-refractivity contribution in [3.8, 4) is 0 Å². The van der Waals surface area contributed by atoms with Gasteiger partial charge in [0.1, 0.15) is 12.7 Å². The van der Waals surface area contributed by atoms with Crippen LogP contribution in [0.1, 0.15) is 29.5 Å². The van der Waals surface area contributed by atoms with E-state index in [4.69, 9.17) is 0 Å². The number of benzene rings is 2. The van der Waals surface area contributed by atoms with E-state index in [0.717, 1.165) is 62.9 Å². The van der Waals surface area contributed by atoms with Crippen LogP contribution < -0.4 is 5.32 Å². The van der Waals surface area contributed by atoms with Crippen LogP contribution in [0.25, 0.3) is 10.9 Å². The van der Waals surface area contributed by atoms with Crippen molar-refractivity contribution < 1.29 is 8.78 Å². The van der Waals surface area contributed by atoms with Gasteiger partial charge in [0.25, 0.3) is 0 Å². The van der Waals surface area contributed by atoms with E-state index in [2.05, 4.69) is 49.7 Å². The average molecular weight is 465 g/mol. The first-order valence-electron chi connectivity index (χ1n) is 12.0. The molecular formula is C26H30F2N6. The molecule has 3 heterocycles. The molecule has 0 spiro atoms. The summed E-state index contributed by atoms with van der Waals surface area (Å²) < 4.78 is 28.6. The lowest BCUT2D eigenvalue weighted by atomic mass is 10.0. The number of nitrogens with one attached hydrogen (secondary N) is 2. The SMILES string of the molecule is Fc1ccc(CCN2CCNCC2CCCc2c[nH]c3ccc(Cn4cncn4)cc23)cc1F. The van der Waals surface area contributed by atoms with Gasteiger partial charge in [-0.05, 0) is 66.6 Å². The van der Waals surface area contributed by atoms with Crippen LogP contribution in [0.4, 0.5) is 8.78 Å². The van der Waals surface area contributed by atoms with Gasteiger partial charge in [0.05, 0.1) is 6.54 Å². The molecule has 6 nitrogen and oxygen atoms in total. The summed E-state index contributed by atoms with van der Waals surface area (Å²) >= 11 is 0. The predicted octanol–water partition coefficient (Wildman–Crippen LogP) is 3.93. The second kappa shape index (κ2) is 10.4. The number of piperazine rings is 1.